The standard InChI is InChI=1S/C23H30FN3O5/c1-14-8-22(2,3)12-23(9-14)20(29)27(21(30)26-23)10-18(28)25-5-4-15-6-17(24)7-16-11-31-13-32-19(15)16/h6-7,14H,4-5,8-13H2,1-3H3,(H,25,28)(H,26,30)/t14-,23-/m1/s1. The van der Waals surface area contributed by atoms with Crippen molar-refractivity contribution in [3.8, 4) is 5.75 Å². The van der Waals surface area contributed by atoms with Crippen LogP contribution in [0.5, 0.6) is 5.75 Å². The van der Waals surface area contributed by atoms with Crippen molar-refractivity contribution < 1.29 is 28.2 Å². The highest BCUT2D eigenvalue weighted by atomic mass is 19.1. The molecule has 1 aromatic rings. The van der Waals surface area contributed by atoms with Crippen LogP contribution in [0.3, 0.4) is 0 Å². The molecule has 2 fully saturated rings. The van der Waals surface area contributed by atoms with E-state index in [-0.39, 0.29) is 37.8 Å². The van der Waals surface area contributed by atoms with E-state index in [0.29, 0.717) is 42.1 Å². The molecule has 4 amide bonds. The molecule has 32 heavy (non-hydrogen) atoms. The van der Waals surface area contributed by atoms with Gasteiger partial charge in [-0.1, -0.05) is 20.8 Å². The molecule has 1 saturated carbocycles. The van der Waals surface area contributed by atoms with Crippen LogP contribution in [0.1, 0.15) is 51.2 Å². The normalized spacial score (nSPS) is 26.5. The van der Waals surface area contributed by atoms with Gasteiger partial charge in [-0.25, -0.2) is 9.18 Å². The van der Waals surface area contributed by atoms with Crippen molar-refractivity contribution >= 4 is 17.8 Å². The predicted molar refractivity (Wildman–Crippen MR) is 113 cm³/mol. The lowest BCUT2D eigenvalue weighted by atomic mass is 9.64. The molecule has 2 aliphatic heterocycles. The van der Waals surface area contributed by atoms with E-state index >= 15 is 0 Å². The Hall–Kier alpha value is -2.68. The van der Waals surface area contributed by atoms with Crippen LogP contribution in [0.15, 0.2) is 12.1 Å². The number of hydrogen-bond donors (Lipinski definition) is 2. The highest BCUT2D eigenvalue weighted by Gasteiger charge is 2.56. The fourth-order valence-electron chi connectivity index (χ4n) is 5.63. The van der Waals surface area contributed by atoms with Gasteiger partial charge < -0.3 is 20.1 Å². The number of fused-ring (bicyclic) bond motifs is 1. The molecule has 174 valence electrons. The molecule has 8 nitrogen and oxygen atoms in total. The summed E-state index contributed by atoms with van der Waals surface area (Å²) in [5.74, 6) is -0.292. The Bertz CT molecular complexity index is 950. The quantitative estimate of drug-likeness (QED) is 0.676. The van der Waals surface area contributed by atoms with E-state index in [1.165, 1.54) is 12.1 Å². The summed E-state index contributed by atoms with van der Waals surface area (Å²) in [4.78, 5) is 39.2. The second-order valence-corrected chi connectivity index (χ2v) is 10.0. The first kappa shape index (κ1) is 22.5. The summed E-state index contributed by atoms with van der Waals surface area (Å²) in [6.45, 7) is 6.53. The maximum absolute atomic E-state index is 13.9. The van der Waals surface area contributed by atoms with Gasteiger partial charge in [0.25, 0.3) is 5.91 Å². The first-order chi connectivity index (χ1) is 15.1. The zero-order valence-electron chi connectivity index (χ0n) is 18.8. The molecule has 4 rings (SSSR count). The minimum atomic E-state index is -0.932. The number of hydrogen-bond acceptors (Lipinski definition) is 5. The van der Waals surface area contributed by atoms with Crippen LogP contribution in [-0.2, 0) is 27.4 Å². The molecule has 2 atom stereocenters. The first-order valence-corrected chi connectivity index (χ1v) is 11.0. The van der Waals surface area contributed by atoms with Gasteiger partial charge in [-0.2, -0.15) is 0 Å². The Balaban J connectivity index is 1.35. The predicted octanol–water partition coefficient (Wildman–Crippen LogP) is 2.49. The van der Waals surface area contributed by atoms with Crippen LogP contribution >= 0.6 is 0 Å². The maximum atomic E-state index is 13.9. The van der Waals surface area contributed by atoms with Crippen LogP contribution in [0.2, 0.25) is 0 Å². The van der Waals surface area contributed by atoms with Crippen molar-refractivity contribution in [1.82, 2.24) is 15.5 Å². The molecule has 3 aliphatic rings. The van der Waals surface area contributed by atoms with E-state index in [9.17, 15) is 18.8 Å². The van der Waals surface area contributed by atoms with Gasteiger partial charge in [-0.15, -0.1) is 0 Å². The van der Waals surface area contributed by atoms with Gasteiger partial charge in [0.2, 0.25) is 5.91 Å². The minimum Gasteiger partial charge on any atom is -0.467 e. The molecule has 0 bridgehead atoms. The summed E-state index contributed by atoms with van der Waals surface area (Å²) in [7, 11) is 0. The van der Waals surface area contributed by atoms with Crippen molar-refractivity contribution in [2.45, 2.75) is 58.6 Å². The van der Waals surface area contributed by atoms with Crippen molar-refractivity contribution in [2.75, 3.05) is 19.9 Å². The monoisotopic (exact) mass is 447 g/mol. The fourth-order valence-corrected chi connectivity index (χ4v) is 5.63. The minimum absolute atomic E-state index is 0.0733. The number of amides is 4. The smallest absolute Gasteiger partial charge is 0.325 e. The van der Waals surface area contributed by atoms with Crippen LogP contribution in [0.4, 0.5) is 9.18 Å². The van der Waals surface area contributed by atoms with Gasteiger partial charge in [0.05, 0.1) is 6.61 Å². The van der Waals surface area contributed by atoms with Crippen molar-refractivity contribution in [2.24, 2.45) is 11.3 Å². The molecule has 2 N–H and O–H groups in total. The molecular weight excluding hydrogens is 417 g/mol. The highest BCUT2D eigenvalue weighted by molar-refractivity contribution is 6.09. The zero-order chi connectivity index (χ0) is 23.1. The SMILES string of the molecule is C[C@@H]1CC(C)(C)C[C@@]2(C1)NC(=O)N(CC(=O)NCCc1cc(F)cc3c1OCOC3)C2=O. The second kappa shape index (κ2) is 8.35. The molecule has 0 aromatic heterocycles. The van der Waals surface area contributed by atoms with Crippen LogP contribution in [0.25, 0.3) is 0 Å². The summed E-state index contributed by atoms with van der Waals surface area (Å²) in [6.07, 6.45) is 2.47. The van der Waals surface area contributed by atoms with Gasteiger partial charge in [-0.05, 0) is 54.7 Å². The zero-order valence-corrected chi connectivity index (χ0v) is 18.8. The average Bonchev–Trinajstić information content (AvgIpc) is 2.89. The van der Waals surface area contributed by atoms with E-state index in [2.05, 4.69) is 31.4 Å². The number of imide groups is 1. The third-order valence-corrected chi connectivity index (χ3v) is 6.39. The van der Waals surface area contributed by atoms with Crippen LogP contribution in [0, 0.1) is 17.2 Å². The first-order valence-electron chi connectivity index (χ1n) is 11.0. The summed E-state index contributed by atoms with van der Waals surface area (Å²) in [6, 6.07) is 2.23. The lowest BCUT2D eigenvalue weighted by Crippen LogP contribution is -2.54. The number of nitrogens with one attached hydrogen (secondary N) is 2. The Morgan fingerprint density at radius 3 is 2.84 bits per heavy atom. The van der Waals surface area contributed by atoms with Gasteiger partial charge >= 0.3 is 6.03 Å². The van der Waals surface area contributed by atoms with Gasteiger partial charge in [0, 0.05) is 12.1 Å². The van der Waals surface area contributed by atoms with E-state index in [0.717, 1.165) is 11.3 Å². The summed E-state index contributed by atoms with van der Waals surface area (Å²) < 4.78 is 24.5. The largest absolute Gasteiger partial charge is 0.467 e. The topological polar surface area (TPSA) is 97.0 Å². The van der Waals surface area contributed by atoms with E-state index in [4.69, 9.17) is 9.47 Å². The van der Waals surface area contributed by atoms with Crippen LogP contribution in [-0.4, -0.2) is 48.2 Å². The molecule has 0 unspecified atom stereocenters. The fraction of sp³-hybridized carbons (Fsp3) is 0.609. The number of halogens is 1. The molecule has 1 aliphatic carbocycles. The Morgan fingerprint density at radius 2 is 2.09 bits per heavy atom. The number of ether oxygens (including phenoxy) is 2. The second-order valence-electron chi connectivity index (χ2n) is 10.0. The molecule has 2 heterocycles. The third kappa shape index (κ3) is 4.44. The Kier molecular flexibility index (Phi) is 5.87. The molecule has 9 heteroatoms. The molecule has 0 radical (unpaired) electrons. The number of urea groups is 1. The number of rotatable bonds is 5. The molecule has 1 spiro atoms. The van der Waals surface area contributed by atoms with E-state index in [1.807, 2.05) is 0 Å². The Morgan fingerprint density at radius 1 is 1.31 bits per heavy atom. The summed E-state index contributed by atoms with van der Waals surface area (Å²) in [5.41, 5.74) is 0.261. The van der Waals surface area contributed by atoms with E-state index < -0.39 is 23.3 Å². The van der Waals surface area contributed by atoms with E-state index in [1.54, 1.807) is 0 Å². The van der Waals surface area contributed by atoms with Gasteiger partial charge in [0.15, 0.2) is 6.79 Å². The maximum Gasteiger partial charge on any atom is 0.325 e. The summed E-state index contributed by atoms with van der Waals surface area (Å²) >= 11 is 0. The van der Waals surface area contributed by atoms with Gasteiger partial charge in [0.1, 0.15) is 23.7 Å². The molecule has 1 saturated heterocycles. The third-order valence-electron chi connectivity index (χ3n) is 6.39. The average molecular weight is 448 g/mol. The lowest BCUT2D eigenvalue weighted by molar-refractivity contribution is -0.137. The van der Waals surface area contributed by atoms with Crippen LogP contribution < -0.4 is 15.4 Å². The van der Waals surface area contributed by atoms with Crippen molar-refractivity contribution in [3.63, 3.8) is 0 Å². The number of carbonyl (C=O) groups is 3. The highest BCUT2D eigenvalue weighted by Crippen LogP contribution is 2.46. The lowest BCUT2D eigenvalue weighted by Gasteiger charge is -2.43. The summed E-state index contributed by atoms with van der Waals surface area (Å²) in [5, 5.41) is 5.59. The van der Waals surface area contributed by atoms with Crippen molar-refractivity contribution in [1.29, 1.82) is 0 Å². The number of nitrogens with zero attached hydrogens (tertiary/aromatic N) is 1. The number of benzene rings is 1. The number of carbonyl (C=O) groups excluding carboxylic acids is 3. The molecular formula is C23H30FN3O5. The van der Waals surface area contributed by atoms with Crippen molar-refractivity contribution in [3.05, 3.63) is 29.1 Å². The molecule has 1 aromatic carbocycles. The Labute approximate surface area is 186 Å². The van der Waals surface area contributed by atoms with Gasteiger partial charge in [-0.3, -0.25) is 14.5 Å².